The highest BCUT2D eigenvalue weighted by Crippen LogP contribution is 2.49. The summed E-state index contributed by atoms with van der Waals surface area (Å²) in [4.78, 5) is 12.0. The average molecular weight is 273 g/mol. The van der Waals surface area contributed by atoms with Gasteiger partial charge in [-0.1, -0.05) is 6.42 Å². The molecule has 3 aliphatic rings. The summed E-state index contributed by atoms with van der Waals surface area (Å²) in [6, 6.07) is 0.384. The van der Waals surface area contributed by atoms with Gasteiger partial charge in [-0.2, -0.15) is 0 Å². The van der Waals surface area contributed by atoms with Crippen molar-refractivity contribution in [2.75, 3.05) is 13.1 Å². The third-order valence-corrected chi connectivity index (χ3v) is 4.99. The fourth-order valence-corrected chi connectivity index (χ4v) is 4.13. The van der Waals surface area contributed by atoms with E-state index in [1.165, 1.54) is 32.1 Å². The monoisotopic (exact) mass is 272 g/mol. The number of amides is 1. The molecule has 0 aromatic rings. The van der Waals surface area contributed by atoms with E-state index in [4.69, 9.17) is 0 Å². The predicted octanol–water partition coefficient (Wildman–Crippen LogP) is 2.10. The Morgan fingerprint density at radius 2 is 2.11 bits per heavy atom. The topological polar surface area (TPSA) is 41.1 Å². The molecular formula is C14H25ClN2O. The molecule has 3 rings (SSSR count). The van der Waals surface area contributed by atoms with Crippen molar-refractivity contribution >= 4 is 18.3 Å². The van der Waals surface area contributed by atoms with Gasteiger partial charge < -0.3 is 10.6 Å². The summed E-state index contributed by atoms with van der Waals surface area (Å²) in [6.07, 6.45) is 8.67. The zero-order chi connectivity index (χ0) is 11.7. The number of carbonyl (C=O) groups excluding carboxylic acids is 1. The highest BCUT2D eigenvalue weighted by Gasteiger charge is 2.40. The van der Waals surface area contributed by atoms with E-state index in [1.807, 2.05) is 0 Å². The van der Waals surface area contributed by atoms with Gasteiger partial charge in [-0.05, 0) is 56.4 Å². The lowest BCUT2D eigenvalue weighted by atomic mass is 9.86. The van der Waals surface area contributed by atoms with Gasteiger partial charge in [-0.15, -0.1) is 12.4 Å². The number of piperidine rings is 1. The maximum atomic E-state index is 12.0. The van der Waals surface area contributed by atoms with Crippen LogP contribution in [-0.2, 0) is 4.79 Å². The molecule has 104 valence electrons. The number of halogens is 1. The Labute approximate surface area is 116 Å². The van der Waals surface area contributed by atoms with Crippen LogP contribution < -0.4 is 10.6 Å². The third-order valence-electron chi connectivity index (χ3n) is 4.99. The molecule has 2 bridgehead atoms. The van der Waals surface area contributed by atoms with Gasteiger partial charge in [0.1, 0.15) is 0 Å². The van der Waals surface area contributed by atoms with E-state index in [0.29, 0.717) is 17.9 Å². The van der Waals surface area contributed by atoms with E-state index < -0.39 is 0 Å². The molecule has 0 aromatic carbocycles. The lowest BCUT2D eigenvalue weighted by Crippen LogP contribution is -2.46. The molecule has 1 aliphatic heterocycles. The fraction of sp³-hybridized carbons (Fsp3) is 0.929. The maximum absolute atomic E-state index is 12.0. The average Bonchev–Trinajstić information content (AvgIpc) is 2.92. The van der Waals surface area contributed by atoms with Gasteiger partial charge in [0.05, 0.1) is 0 Å². The molecule has 4 atom stereocenters. The molecule has 1 amide bonds. The van der Waals surface area contributed by atoms with Gasteiger partial charge in [-0.3, -0.25) is 4.79 Å². The van der Waals surface area contributed by atoms with Gasteiger partial charge in [0.2, 0.25) is 5.91 Å². The van der Waals surface area contributed by atoms with Crippen LogP contribution in [0.4, 0.5) is 0 Å². The number of carbonyl (C=O) groups is 1. The smallest absolute Gasteiger partial charge is 0.220 e. The van der Waals surface area contributed by atoms with Gasteiger partial charge in [0.15, 0.2) is 0 Å². The second kappa shape index (κ2) is 6.25. The van der Waals surface area contributed by atoms with Crippen molar-refractivity contribution < 1.29 is 4.79 Å². The Balaban J connectivity index is 0.00000120. The molecule has 2 aliphatic carbocycles. The second-order valence-corrected chi connectivity index (χ2v) is 6.25. The summed E-state index contributed by atoms with van der Waals surface area (Å²) in [6.45, 7) is 2.07. The van der Waals surface area contributed by atoms with Crippen LogP contribution >= 0.6 is 12.4 Å². The minimum Gasteiger partial charge on any atom is -0.352 e. The lowest BCUT2D eigenvalue weighted by molar-refractivity contribution is -0.123. The predicted molar refractivity (Wildman–Crippen MR) is 74.8 cm³/mol. The molecular weight excluding hydrogens is 248 g/mol. The van der Waals surface area contributed by atoms with Crippen molar-refractivity contribution in [2.24, 2.45) is 17.8 Å². The van der Waals surface area contributed by atoms with E-state index in [9.17, 15) is 4.79 Å². The zero-order valence-electron chi connectivity index (χ0n) is 11.0. The maximum Gasteiger partial charge on any atom is 0.220 e. The first kappa shape index (κ1) is 14.1. The van der Waals surface area contributed by atoms with Gasteiger partial charge in [0, 0.05) is 19.0 Å². The van der Waals surface area contributed by atoms with Crippen molar-refractivity contribution in [3.8, 4) is 0 Å². The highest BCUT2D eigenvalue weighted by molar-refractivity contribution is 5.85. The minimum absolute atomic E-state index is 0. The van der Waals surface area contributed by atoms with E-state index >= 15 is 0 Å². The molecule has 18 heavy (non-hydrogen) atoms. The van der Waals surface area contributed by atoms with Crippen LogP contribution in [0.2, 0.25) is 0 Å². The van der Waals surface area contributed by atoms with Crippen LogP contribution in [0.3, 0.4) is 0 Å². The molecule has 0 spiro atoms. The number of rotatable bonds is 3. The van der Waals surface area contributed by atoms with Crippen LogP contribution in [0.15, 0.2) is 0 Å². The number of hydrogen-bond acceptors (Lipinski definition) is 2. The minimum atomic E-state index is 0. The standard InChI is InChI=1S/C14H24N2O.ClH/c17-14(16-13-2-1-5-15-9-13)8-12-7-10-3-4-11(12)6-10;/h10-13,15H,1-9H2,(H,16,17);1H/t10?,11?,12?,13-;/m0./s1. The molecule has 3 nitrogen and oxygen atoms in total. The lowest BCUT2D eigenvalue weighted by Gasteiger charge is -2.26. The fourth-order valence-electron chi connectivity index (χ4n) is 4.13. The van der Waals surface area contributed by atoms with Crippen molar-refractivity contribution in [2.45, 2.75) is 51.0 Å². The second-order valence-electron chi connectivity index (χ2n) is 6.25. The summed E-state index contributed by atoms with van der Waals surface area (Å²) in [5, 5.41) is 6.55. The molecule has 2 saturated carbocycles. The van der Waals surface area contributed by atoms with Crippen LogP contribution in [0.1, 0.15) is 44.9 Å². The Morgan fingerprint density at radius 1 is 1.22 bits per heavy atom. The molecule has 3 fully saturated rings. The quantitative estimate of drug-likeness (QED) is 0.826. The Bertz CT molecular complexity index is 292. The normalized spacial score (nSPS) is 38.2. The van der Waals surface area contributed by atoms with Crippen molar-refractivity contribution in [3.05, 3.63) is 0 Å². The third kappa shape index (κ3) is 3.18. The highest BCUT2D eigenvalue weighted by atomic mass is 35.5. The summed E-state index contributed by atoms with van der Waals surface area (Å²) in [7, 11) is 0. The number of hydrogen-bond donors (Lipinski definition) is 2. The summed E-state index contributed by atoms with van der Waals surface area (Å²) >= 11 is 0. The largest absolute Gasteiger partial charge is 0.352 e. The van der Waals surface area contributed by atoms with Crippen molar-refractivity contribution in [3.63, 3.8) is 0 Å². The Kier molecular flexibility index (Phi) is 4.91. The molecule has 0 aromatic heterocycles. The van der Waals surface area contributed by atoms with Crippen LogP contribution in [0.25, 0.3) is 0 Å². The molecule has 1 saturated heterocycles. The zero-order valence-corrected chi connectivity index (χ0v) is 11.8. The Morgan fingerprint density at radius 3 is 2.72 bits per heavy atom. The number of fused-ring (bicyclic) bond motifs is 2. The summed E-state index contributed by atoms with van der Waals surface area (Å²) < 4.78 is 0. The van der Waals surface area contributed by atoms with Crippen molar-refractivity contribution in [1.82, 2.24) is 10.6 Å². The van der Waals surface area contributed by atoms with Crippen molar-refractivity contribution in [1.29, 1.82) is 0 Å². The van der Waals surface area contributed by atoms with Gasteiger partial charge in [0.25, 0.3) is 0 Å². The van der Waals surface area contributed by atoms with Crippen LogP contribution in [0.5, 0.6) is 0 Å². The summed E-state index contributed by atoms with van der Waals surface area (Å²) in [5.74, 6) is 2.82. The molecule has 1 heterocycles. The van der Waals surface area contributed by atoms with Gasteiger partial charge in [-0.25, -0.2) is 0 Å². The van der Waals surface area contributed by atoms with E-state index in [2.05, 4.69) is 10.6 Å². The first-order valence-corrected chi connectivity index (χ1v) is 7.31. The number of nitrogens with one attached hydrogen (secondary N) is 2. The van der Waals surface area contributed by atoms with Gasteiger partial charge >= 0.3 is 0 Å². The molecule has 4 heteroatoms. The van der Waals surface area contributed by atoms with E-state index in [0.717, 1.165) is 37.8 Å². The molecule has 3 unspecified atom stereocenters. The first-order valence-electron chi connectivity index (χ1n) is 7.31. The van der Waals surface area contributed by atoms with E-state index in [-0.39, 0.29) is 12.4 Å². The van der Waals surface area contributed by atoms with Crippen LogP contribution in [-0.4, -0.2) is 25.0 Å². The SMILES string of the molecule is Cl.O=C(CC1CC2CCC1C2)N[C@H]1CCCNC1. The molecule has 2 N–H and O–H groups in total. The van der Waals surface area contributed by atoms with E-state index in [1.54, 1.807) is 0 Å². The van der Waals surface area contributed by atoms with Crippen LogP contribution in [0, 0.1) is 17.8 Å². The molecule has 0 radical (unpaired) electrons. The Hall–Kier alpha value is -0.280. The summed E-state index contributed by atoms with van der Waals surface area (Å²) in [5.41, 5.74) is 0. The first-order chi connectivity index (χ1) is 8.31.